The number of fused-ring (bicyclic) bond motifs is 1. The largest absolute Gasteiger partial charge is 0.371 e. The summed E-state index contributed by atoms with van der Waals surface area (Å²) >= 11 is 0. The summed E-state index contributed by atoms with van der Waals surface area (Å²) in [5.41, 5.74) is 4.16. The quantitative estimate of drug-likeness (QED) is 0.152. The van der Waals surface area contributed by atoms with Crippen molar-refractivity contribution in [1.82, 2.24) is 29.8 Å². The number of anilines is 5. The van der Waals surface area contributed by atoms with E-state index in [1.807, 2.05) is 25.1 Å². The summed E-state index contributed by atoms with van der Waals surface area (Å²) in [6.07, 6.45) is 3.79. The monoisotopic (exact) mass is 793 g/mol. The van der Waals surface area contributed by atoms with Crippen molar-refractivity contribution in [3.05, 3.63) is 95.2 Å². The van der Waals surface area contributed by atoms with Gasteiger partial charge < -0.3 is 15.5 Å². The molecule has 4 N–H and O–H groups in total. The number of sulfonamides is 1. The van der Waals surface area contributed by atoms with Gasteiger partial charge in [-0.15, -0.1) is 0 Å². The summed E-state index contributed by atoms with van der Waals surface area (Å²) in [7, 11) is -1.64. The molecular formula is C41H47N9O6S. The highest BCUT2D eigenvalue weighted by atomic mass is 32.2. The SMILES string of the molecule is Cc1cnc(Nc2ccc(N3CCC(N(C)Cc4ccc5c(c4)C(=O)N(C4CCC(=O)NC4=O)C5=O)CC3)cc2)nc1Nc1cccc(S(=O)(=O)NC(C)(C)C)c1. The number of rotatable bonds is 11. The first-order chi connectivity index (χ1) is 27.0. The minimum atomic E-state index is -3.71. The van der Waals surface area contributed by atoms with Crippen LogP contribution in [-0.2, 0) is 26.2 Å². The van der Waals surface area contributed by atoms with Gasteiger partial charge in [0.15, 0.2) is 0 Å². The van der Waals surface area contributed by atoms with Crippen LogP contribution in [0.4, 0.5) is 28.8 Å². The number of aryl methyl sites for hydroxylation is 1. The lowest BCUT2D eigenvalue weighted by atomic mass is 10.0. The predicted octanol–water partition coefficient (Wildman–Crippen LogP) is 4.85. The van der Waals surface area contributed by atoms with Gasteiger partial charge in [0.2, 0.25) is 27.8 Å². The van der Waals surface area contributed by atoms with E-state index < -0.39 is 45.2 Å². The van der Waals surface area contributed by atoms with E-state index in [4.69, 9.17) is 0 Å². The lowest BCUT2D eigenvalue weighted by molar-refractivity contribution is -0.136. The van der Waals surface area contributed by atoms with Gasteiger partial charge in [-0.3, -0.25) is 34.3 Å². The Morgan fingerprint density at radius 1 is 0.877 bits per heavy atom. The standard InChI is InChI=1S/C41H47N9O6S/c1-25-23-42-40(46-36(25)43-28-7-6-8-31(22-28)57(55,56)47-41(2,3)4)44-27-10-12-30(13-11-27)49-19-17-29(18-20-49)48(5)24-26-9-14-32-33(21-26)39(54)50(38(32)53)34-15-16-35(51)45-37(34)52/h6-14,21-23,29,34,47H,15-20,24H2,1-5H3,(H,45,51,52)(H2,42,43,44,46). The Morgan fingerprint density at radius 3 is 2.30 bits per heavy atom. The number of aromatic nitrogens is 2. The minimum absolute atomic E-state index is 0.0812. The summed E-state index contributed by atoms with van der Waals surface area (Å²) in [5, 5.41) is 8.74. The van der Waals surface area contributed by atoms with E-state index in [0.29, 0.717) is 35.6 Å². The highest BCUT2D eigenvalue weighted by molar-refractivity contribution is 7.89. The second kappa shape index (κ2) is 15.7. The first-order valence-corrected chi connectivity index (χ1v) is 20.4. The smallest absolute Gasteiger partial charge is 0.262 e. The van der Waals surface area contributed by atoms with Crippen LogP contribution in [0.2, 0.25) is 0 Å². The highest BCUT2D eigenvalue weighted by Gasteiger charge is 2.44. The number of nitrogens with one attached hydrogen (secondary N) is 4. The second-order valence-corrected chi connectivity index (χ2v) is 17.5. The van der Waals surface area contributed by atoms with Gasteiger partial charge in [-0.1, -0.05) is 12.1 Å². The number of hydrogen-bond donors (Lipinski definition) is 4. The molecule has 57 heavy (non-hydrogen) atoms. The fourth-order valence-corrected chi connectivity index (χ4v) is 8.92. The van der Waals surface area contributed by atoms with E-state index in [2.05, 4.69) is 59.6 Å². The van der Waals surface area contributed by atoms with Gasteiger partial charge >= 0.3 is 0 Å². The maximum atomic E-state index is 13.3. The third-order valence-electron chi connectivity index (χ3n) is 10.3. The predicted molar refractivity (Wildman–Crippen MR) is 216 cm³/mol. The van der Waals surface area contributed by atoms with Crippen LogP contribution in [0, 0.1) is 6.92 Å². The average Bonchev–Trinajstić information content (AvgIpc) is 3.40. The maximum absolute atomic E-state index is 13.3. The molecule has 16 heteroatoms. The summed E-state index contributed by atoms with van der Waals surface area (Å²) in [6, 6.07) is 19.3. The van der Waals surface area contributed by atoms with Gasteiger partial charge in [-0.05, 0) is 114 Å². The zero-order valence-electron chi connectivity index (χ0n) is 32.6. The van der Waals surface area contributed by atoms with Gasteiger partial charge in [-0.2, -0.15) is 4.98 Å². The molecule has 0 spiro atoms. The first-order valence-electron chi connectivity index (χ1n) is 19.0. The molecule has 4 aromatic rings. The van der Waals surface area contributed by atoms with Crippen LogP contribution < -0.4 is 25.6 Å². The molecule has 4 heterocycles. The Hall–Kier alpha value is -5.71. The van der Waals surface area contributed by atoms with E-state index in [-0.39, 0.29) is 23.3 Å². The number of nitrogens with zero attached hydrogens (tertiary/aromatic N) is 5. The minimum Gasteiger partial charge on any atom is -0.371 e. The van der Waals surface area contributed by atoms with Crippen molar-refractivity contribution in [1.29, 1.82) is 0 Å². The van der Waals surface area contributed by atoms with Gasteiger partial charge in [0.25, 0.3) is 11.8 Å². The molecule has 0 aliphatic carbocycles. The molecule has 2 saturated heterocycles. The van der Waals surface area contributed by atoms with Gasteiger partial charge in [0.1, 0.15) is 11.9 Å². The third-order valence-corrected chi connectivity index (χ3v) is 12.1. The van der Waals surface area contributed by atoms with Crippen molar-refractivity contribution >= 4 is 62.5 Å². The topological polar surface area (TPSA) is 186 Å². The van der Waals surface area contributed by atoms with E-state index in [0.717, 1.165) is 53.3 Å². The fraction of sp³-hybridized carbons (Fsp3) is 0.366. The molecule has 1 atom stereocenters. The third kappa shape index (κ3) is 8.82. The van der Waals surface area contributed by atoms with Crippen molar-refractivity contribution in [2.45, 2.75) is 82.4 Å². The summed E-state index contributed by atoms with van der Waals surface area (Å²) in [6.45, 7) is 9.59. The van der Waals surface area contributed by atoms with E-state index in [1.165, 1.54) is 0 Å². The molecule has 0 saturated carbocycles. The number of carbonyl (C=O) groups excluding carboxylic acids is 4. The van der Waals surface area contributed by atoms with Gasteiger partial charge in [0, 0.05) is 66.5 Å². The van der Waals surface area contributed by atoms with E-state index in [9.17, 15) is 27.6 Å². The number of benzene rings is 3. The van der Waals surface area contributed by atoms with E-state index in [1.54, 1.807) is 63.4 Å². The van der Waals surface area contributed by atoms with Crippen LogP contribution >= 0.6 is 0 Å². The van der Waals surface area contributed by atoms with Gasteiger partial charge in [0.05, 0.1) is 16.0 Å². The van der Waals surface area contributed by atoms with Crippen LogP contribution in [0.15, 0.2) is 77.8 Å². The molecule has 3 aliphatic rings. The fourth-order valence-electron chi connectivity index (χ4n) is 7.45. The highest BCUT2D eigenvalue weighted by Crippen LogP contribution is 2.30. The lowest BCUT2D eigenvalue weighted by Crippen LogP contribution is -2.54. The number of amides is 4. The number of hydrogen-bond acceptors (Lipinski definition) is 12. The number of piperidine rings is 2. The Bertz CT molecular complexity index is 2340. The summed E-state index contributed by atoms with van der Waals surface area (Å²) < 4.78 is 28.5. The first kappa shape index (κ1) is 39.5. The molecule has 7 rings (SSSR count). The van der Waals surface area contributed by atoms with Crippen LogP contribution in [0.25, 0.3) is 0 Å². The van der Waals surface area contributed by atoms with Gasteiger partial charge in [-0.25, -0.2) is 18.1 Å². The lowest BCUT2D eigenvalue weighted by Gasteiger charge is -2.38. The molecule has 0 radical (unpaired) electrons. The molecule has 3 aliphatic heterocycles. The zero-order chi connectivity index (χ0) is 40.6. The summed E-state index contributed by atoms with van der Waals surface area (Å²) in [5.74, 6) is -1.08. The molecule has 15 nitrogen and oxygen atoms in total. The normalized spacial score (nSPS) is 17.9. The van der Waals surface area contributed by atoms with Crippen LogP contribution in [0.5, 0.6) is 0 Å². The molecule has 298 valence electrons. The number of imide groups is 2. The van der Waals surface area contributed by atoms with Crippen LogP contribution in [-0.4, -0.2) is 89.6 Å². The van der Waals surface area contributed by atoms with Crippen LogP contribution in [0.3, 0.4) is 0 Å². The van der Waals surface area contributed by atoms with Crippen molar-refractivity contribution in [2.24, 2.45) is 0 Å². The van der Waals surface area contributed by atoms with Crippen molar-refractivity contribution in [3.8, 4) is 0 Å². The molecule has 3 aromatic carbocycles. The maximum Gasteiger partial charge on any atom is 0.262 e. The second-order valence-electron chi connectivity index (χ2n) is 15.9. The molecule has 1 aromatic heterocycles. The Kier molecular flexibility index (Phi) is 10.9. The van der Waals surface area contributed by atoms with Crippen molar-refractivity contribution < 1.29 is 27.6 Å². The zero-order valence-corrected chi connectivity index (χ0v) is 33.4. The Labute approximate surface area is 332 Å². The van der Waals surface area contributed by atoms with Crippen molar-refractivity contribution in [3.63, 3.8) is 0 Å². The van der Waals surface area contributed by atoms with Crippen LogP contribution in [0.1, 0.15) is 78.3 Å². The van der Waals surface area contributed by atoms with Crippen molar-refractivity contribution in [2.75, 3.05) is 35.7 Å². The molecule has 4 amide bonds. The summed E-state index contributed by atoms with van der Waals surface area (Å²) in [4.78, 5) is 65.3. The molecule has 0 bridgehead atoms. The average molecular weight is 794 g/mol. The number of carbonyl (C=O) groups is 4. The Morgan fingerprint density at radius 2 is 1.60 bits per heavy atom. The van der Waals surface area contributed by atoms with E-state index >= 15 is 0 Å². The molecule has 1 unspecified atom stereocenters. The molecular weight excluding hydrogens is 747 g/mol. The molecule has 2 fully saturated rings. The Balaban J connectivity index is 0.923.